The SMILES string of the molecule is C=Cc1coc(-c2coc(-c3coc([C@@H](NC(=O)OC(C)(C)C)C(C)C)n3)n2)n1. The monoisotopic (exact) mass is 400 g/mol. The Bertz CT molecular complexity index is 993. The molecule has 0 aliphatic carbocycles. The first-order valence-electron chi connectivity index (χ1n) is 9.15. The summed E-state index contributed by atoms with van der Waals surface area (Å²) < 4.78 is 21.7. The maximum atomic E-state index is 12.2. The highest BCUT2D eigenvalue weighted by Crippen LogP contribution is 2.27. The van der Waals surface area contributed by atoms with Gasteiger partial charge in [0, 0.05) is 0 Å². The van der Waals surface area contributed by atoms with Crippen LogP contribution in [0.15, 0.2) is 38.6 Å². The molecule has 9 heteroatoms. The molecule has 3 heterocycles. The van der Waals surface area contributed by atoms with Crippen molar-refractivity contribution in [2.24, 2.45) is 5.92 Å². The molecule has 29 heavy (non-hydrogen) atoms. The normalized spacial score (nSPS) is 12.8. The first-order valence-corrected chi connectivity index (χ1v) is 9.15. The van der Waals surface area contributed by atoms with Gasteiger partial charge in [0.15, 0.2) is 11.4 Å². The third-order valence-corrected chi connectivity index (χ3v) is 3.80. The number of nitrogens with zero attached hydrogens (tertiary/aromatic N) is 3. The lowest BCUT2D eigenvalue weighted by Gasteiger charge is -2.24. The van der Waals surface area contributed by atoms with Gasteiger partial charge in [-0.15, -0.1) is 0 Å². The number of oxazole rings is 3. The zero-order valence-electron chi connectivity index (χ0n) is 17.1. The first-order chi connectivity index (χ1) is 13.7. The Morgan fingerprint density at radius 2 is 1.69 bits per heavy atom. The summed E-state index contributed by atoms with van der Waals surface area (Å²) in [5.74, 6) is 0.892. The molecule has 9 nitrogen and oxygen atoms in total. The number of nitrogens with one attached hydrogen (secondary N) is 1. The minimum Gasteiger partial charge on any atom is -0.446 e. The van der Waals surface area contributed by atoms with E-state index >= 15 is 0 Å². The fraction of sp³-hybridized carbons (Fsp3) is 0.400. The smallest absolute Gasteiger partial charge is 0.408 e. The lowest BCUT2D eigenvalue weighted by atomic mass is 10.0. The number of hydrogen-bond acceptors (Lipinski definition) is 8. The second-order valence-electron chi connectivity index (χ2n) is 7.76. The third kappa shape index (κ3) is 4.92. The molecule has 3 aromatic rings. The van der Waals surface area contributed by atoms with Crippen LogP contribution in [-0.2, 0) is 4.74 Å². The zero-order chi connectivity index (χ0) is 21.2. The Labute approximate surface area is 168 Å². The number of amides is 1. The minimum atomic E-state index is -0.604. The zero-order valence-corrected chi connectivity index (χ0v) is 17.1. The van der Waals surface area contributed by atoms with E-state index in [-0.39, 0.29) is 11.8 Å². The van der Waals surface area contributed by atoms with Crippen LogP contribution in [0, 0.1) is 5.92 Å². The maximum absolute atomic E-state index is 12.2. The van der Waals surface area contributed by atoms with Crippen LogP contribution in [0.2, 0.25) is 0 Å². The van der Waals surface area contributed by atoms with Crippen molar-refractivity contribution in [2.75, 3.05) is 0 Å². The van der Waals surface area contributed by atoms with Gasteiger partial charge in [0.25, 0.3) is 0 Å². The summed E-state index contributed by atoms with van der Waals surface area (Å²) in [7, 11) is 0. The molecular formula is C20H24N4O5. The molecule has 0 bridgehead atoms. The van der Waals surface area contributed by atoms with E-state index in [1.807, 2.05) is 13.8 Å². The molecule has 0 unspecified atom stereocenters. The van der Waals surface area contributed by atoms with Gasteiger partial charge in [-0.1, -0.05) is 20.4 Å². The predicted molar refractivity (Wildman–Crippen MR) is 105 cm³/mol. The van der Waals surface area contributed by atoms with Crippen LogP contribution in [0.1, 0.15) is 52.2 Å². The summed E-state index contributed by atoms with van der Waals surface area (Å²) >= 11 is 0. The molecule has 154 valence electrons. The van der Waals surface area contributed by atoms with Gasteiger partial charge >= 0.3 is 6.09 Å². The maximum Gasteiger partial charge on any atom is 0.408 e. The molecule has 0 aromatic carbocycles. The molecule has 0 spiro atoms. The second-order valence-corrected chi connectivity index (χ2v) is 7.76. The van der Waals surface area contributed by atoms with Gasteiger partial charge in [0.05, 0.1) is 0 Å². The first kappa shape index (κ1) is 20.4. The van der Waals surface area contributed by atoms with Crippen molar-refractivity contribution >= 4 is 12.2 Å². The molecule has 0 saturated heterocycles. The summed E-state index contributed by atoms with van der Waals surface area (Å²) in [6, 6.07) is -0.477. The molecule has 0 saturated carbocycles. The Morgan fingerprint density at radius 1 is 1.07 bits per heavy atom. The number of rotatable bonds is 6. The van der Waals surface area contributed by atoms with Gasteiger partial charge in [-0.05, 0) is 32.8 Å². The average Bonchev–Trinajstić information content (AvgIpc) is 3.36. The summed E-state index contributed by atoms with van der Waals surface area (Å²) in [6.45, 7) is 12.9. The van der Waals surface area contributed by atoms with E-state index in [4.69, 9.17) is 18.0 Å². The molecule has 3 rings (SSSR count). The summed E-state index contributed by atoms with van der Waals surface area (Å²) in [5.41, 5.74) is 0.803. The van der Waals surface area contributed by atoms with Gasteiger partial charge in [-0.3, -0.25) is 0 Å². The Kier molecular flexibility index (Phi) is 5.58. The summed E-state index contributed by atoms with van der Waals surface area (Å²) in [6.07, 6.45) is 5.34. The number of carbonyl (C=O) groups excluding carboxylic acids is 1. The van der Waals surface area contributed by atoms with E-state index in [9.17, 15) is 4.79 Å². The highest BCUT2D eigenvalue weighted by Gasteiger charge is 2.27. The van der Waals surface area contributed by atoms with Crippen LogP contribution in [0.25, 0.3) is 29.2 Å². The standard InChI is InChI=1S/C20H24N4O5/c1-7-12-8-26-16(21-12)13-9-27-17(22-13)14-10-28-18(23-14)15(11(2)3)24-19(25)29-20(4,5)6/h7-11,15H,1H2,2-6H3,(H,24,25)/t15-/m0/s1. The highest BCUT2D eigenvalue weighted by molar-refractivity contribution is 5.68. The van der Waals surface area contributed by atoms with E-state index in [0.29, 0.717) is 28.9 Å². The van der Waals surface area contributed by atoms with Crippen molar-refractivity contribution in [1.82, 2.24) is 20.3 Å². The lowest BCUT2D eigenvalue weighted by Crippen LogP contribution is -2.37. The largest absolute Gasteiger partial charge is 0.446 e. The molecule has 0 aliphatic heterocycles. The van der Waals surface area contributed by atoms with Crippen LogP contribution in [-0.4, -0.2) is 26.6 Å². The molecule has 3 aromatic heterocycles. The molecule has 0 radical (unpaired) electrons. The molecule has 1 N–H and O–H groups in total. The molecule has 1 amide bonds. The number of aromatic nitrogens is 3. The van der Waals surface area contributed by atoms with E-state index in [1.165, 1.54) is 18.8 Å². The highest BCUT2D eigenvalue weighted by atomic mass is 16.6. The molecule has 1 atom stereocenters. The Balaban J connectivity index is 1.78. The van der Waals surface area contributed by atoms with Crippen molar-refractivity contribution in [3.63, 3.8) is 0 Å². The second kappa shape index (κ2) is 7.94. The van der Waals surface area contributed by atoms with Crippen molar-refractivity contribution in [2.45, 2.75) is 46.3 Å². The van der Waals surface area contributed by atoms with Crippen molar-refractivity contribution in [3.05, 3.63) is 37.0 Å². The topological polar surface area (TPSA) is 116 Å². The van der Waals surface area contributed by atoms with E-state index < -0.39 is 17.7 Å². The number of hydrogen-bond donors (Lipinski definition) is 1. The number of carbonyl (C=O) groups is 1. The van der Waals surface area contributed by atoms with Crippen molar-refractivity contribution < 1.29 is 22.8 Å². The van der Waals surface area contributed by atoms with E-state index in [2.05, 4.69) is 26.8 Å². The van der Waals surface area contributed by atoms with Crippen molar-refractivity contribution in [3.8, 4) is 23.2 Å². The van der Waals surface area contributed by atoms with Crippen LogP contribution in [0.4, 0.5) is 4.79 Å². The van der Waals surface area contributed by atoms with Crippen LogP contribution >= 0.6 is 0 Å². The molecular weight excluding hydrogens is 376 g/mol. The third-order valence-electron chi connectivity index (χ3n) is 3.80. The average molecular weight is 400 g/mol. The van der Waals surface area contributed by atoms with E-state index in [0.717, 1.165) is 0 Å². The van der Waals surface area contributed by atoms with Gasteiger partial charge in [0.2, 0.25) is 17.7 Å². The van der Waals surface area contributed by atoms with Gasteiger partial charge in [-0.2, -0.15) is 0 Å². The van der Waals surface area contributed by atoms with Crippen LogP contribution in [0.3, 0.4) is 0 Å². The van der Waals surface area contributed by atoms with Gasteiger partial charge < -0.3 is 23.3 Å². The summed E-state index contributed by atoms with van der Waals surface area (Å²) in [4.78, 5) is 25.1. The Morgan fingerprint density at radius 3 is 2.31 bits per heavy atom. The fourth-order valence-corrected chi connectivity index (χ4v) is 2.46. The fourth-order valence-electron chi connectivity index (χ4n) is 2.46. The van der Waals surface area contributed by atoms with Gasteiger partial charge in [-0.25, -0.2) is 19.7 Å². The number of ether oxygens (including phenoxy) is 1. The van der Waals surface area contributed by atoms with E-state index in [1.54, 1.807) is 26.8 Å². The lowest BCUT2D eigenvalue weighted by molar-refractivity contribution is 0.0479. The predicted octanol–water partition coefficient (Wildman–Crippen LogP) is 4.85. The van der Waals surface area contributed by atoms with Gasteiger partial charge in [0.1, 0.15) is 36.1 Å². The molecule has 0 aliphatic rings. The Hall–Kier alpha value is -3.36. The van der Waals surface area contributed by atoms with Crippen LogP contribution in [0.5, 0.6) is 0 Å². The quantitative estimate of drug-likeness (QED) is 0.624. The number of alkyl carbamates (subject to hydrolysis) is 1. The minimum absolute atomic E-state index is 0.0128. The molecule has 0 fully saturated rings. The summed E-state index contributed by atoms with van der Waals surface area (Å²) in [5, 5.41) is 2.79. The van der Waals surface area contributed by atoms with Crippen molar-refractivity contribution in [1.29, 1.82) is 0 Å². The van der Waals surface area contributed by atoms with Crippen LogP contribution < -0.4 is 5.32 Å².